The first-order valence-corrected chi connectivity index (χ1v) is 7.50. The lowest BCUT2D eigenvalue weighted by Crippen LogP contribution is -2.45. The van der Waals surface area contributed by atoms with Crippen LogP contribution in [-0.4, -0.2) is 24.5 Å². The number of benzene rings is 2. The smallest absolute Gasteiger partial charge is 0.339 e. The van der Waals surface area contributed by atoms with Crippen LogP contribution < -0.4 is 5.11 Å². The van der Waals surface area contributed by atoms with Crippen LogP contribution in [0.25, 0.3) is 11.1 Å². The van der Waals surface area contributed by atoms with Crippen molar-refractivity contribution in [3.63, 3.8) is 0 Å². The summed E-state index contributed by atoms with van der Waals surface area (Å²) in [6.07, 6.45) is 0. The Morgan fingerprint density at radius 2 is 1.74 bits per heavy atom. The molecule has 0 aliphatic carbocycles. The average Bonchev–Trinajstić information content (AvgIpc) is 2.53. The predicted molar refractivity (Wildman–Crippen MR) is 84.8 cm³/mol. The Labute approximate surface area is 144 Å². The number of aliphatic carboxylic acids is 1. The molecule has 2 rings (SSSR count). The molecule has 0 spiro atoms. The molecule has 0 N–H and O–H groups in total. The van der Waals surface area contributed by atoms with E-state index in [1.165, 1.54) is 6.07 Å². The number of carboxylic acid groups (broad SMARTS) is 1. The van der Waals surface area contributed by atoms with Crippen molar-refractivity contribution in [1.29, 1.82) is 0 Å². The molecular weight excluding hydrogens is 421 g/mol. The number of carbonyl (C=O) groups is 2. The maximum atomic E-state index is 12.9. The number of carbonyl (C=O) groups excluding carboxylic acids is 2. The largest absolute Gasteiger partial charge is 0.544 e. The summed E-state index contributed by atoms with van der Waals surface area (Å²) in [6.45, 7) is -1.56. The summed E-state index contributed by atoms with van der Waals surface area (Å²) in [4.78, 5) is 22.0. The zero-order chi connectivity index (χ0) is 17.0. The normalized spacial score (nSPS) is 11.1. The molecule has 0 atom stereocenters. The number of hydrogen-bond donors (Lipinski definition) is 0. The second kappa shape index (κ2) is 7.03. The molecule has 0 unspecified atom stereocenters. The van der Waals surface area contributed by atoms with Crippen molar-refractivity contribution in [1.82, 2.24) is 0 Å². The van der Waals surface area contributed by atoms with Gasteiger partial charge in [-0.15, -0.1) is 0 Å². The van der Waals surface area contributed by atoms with Crippen molar-refractivity contribution in [3.8, 4) is 11.1 Å². The number of ether oxygens (including phenoxy) is 1. The minimum Gasteiger partial charge on any atom is -0.544 e. The van der Waals surface area contributed by atoms with Gasteiger partial charge in [-0.2, -0.15) is 8.78 Å². The van der Waals surface area contributed by atoms with Gasteiger partial charge in [-0.25, -0.2) is 4.79 Å². The highest BCUT2D eigenvalue weighted by atomic mass is 127. The van der Waals surface area contributed by atoms with E-state index >= 15 is 0 Å². The van der Waals surface area contributed by atoms with E-state index < -0.39 is 24.5 Å². The third kappa shape index (κ3) is 4.25. The fourth-order valence-electron chi connectivity index (χ4n) is 1.78. The van der Waals surface area contributed by atoms with E-state index in [4.69, 9.17) is 0 Å². The molecule has 2 aromatic rings. The highest BCUT2D eigenvalue weighted by Gasteiger charge is 2.33. The van der Waals surface area contributed by atoms with Gasteiger partial charge in [-0.3, -0.25) is 0 Å². The van der Waals surface area contributed by atoms with Crippen molar-refractivity contribution in [2.24, 2.45) is 0 Å². The van der Waals surface area contributed by atoms with E-state index in [9.17, 15) is 23.5 Å². The Morgan fingerprint density at radius 1 is 1.09 bits per heavy atom. The van der Waals surface area contributed by atoms with Crippen LogP contribution in [0, 0.1) is 3.57 Å². The first kappa shape index (κ1) is 17.3. The molecule has 2 aromatic carbocycles. The van der Waals surface area contributed by atoms with Gasteiger partial charge in [0.05, 0.1) is 5.56 Å². The van der Waals surface area contributed by atoms with Crippen LogP contribution in [0.5, 0.6) is 0 Å². The number of carboxylic acids is 1. The van der Waals surface area contributed by atoms with Crippen molar-refractivity contribution >= 4 is 34.5 Å². The van der Waals surface area contributed by atoms with Crippen LogP contribution in [0.1, 0.15) is 10.4 Å². The minimum absolute atomic E-state index is 0.0828. The summed E-state index contributed by atoms with van der Waals surface area (Å²) < 4.78 is 30.6. The molecule has 0 aromatic heterocycles. The molecule has 23 heavy (non-hydrogen) atoms. The summed E-state index contributed by atoms with van der Waals surface area (Å²) in [5.41, 5.74) is 1.87. The molecule has 0 saturated carbocycles. The summed E-state index contributed by atoms with van der Waals surface area (Å²) in [6, 6.07) is 14.2. The Balaban J connectivity index is 2.15. The molecule has 0 aliphatic heterocycles. The Morgan fingerprint density at radius 3 is 2.30 bits per heavy atom. The van der Waals surface area contributed by atoms with Crippen molar-refractivity contribution in [2.75, 3.05) is 6.61 Å². The molecule has 0 saturated heterocycles. The van der Waals surface area contributed by atoms with E-state index in [-0.39, 0.29) is 5.56 Å². The number of alkyl halides is 2. The van der Waals surface area contributed by atoms with Gasteiger partial charge in [-0.1, -0.05) is 36.4 Å². The van der Waals surface area contributed by atoms with Crippen molar-refractivity contribution < 1.29 is 28.2 Å². The Kier molecular flexibility index (Phi) is 5.30. The standard InChI is InChI=1S/C16H11F2IO4/c17-16(18,15(21)22)9-23-14(20)12-7-6-11(8-13(12)19)10-4-2-1-3-5-10/h1-8H,9H2,(H,21,22)/p-1. The average molecular weight is 431 g/mol. The third-order valence-corrected chi connectivity index (χ3v) is 3.87. The number of rotatable bonds is 5. The lowest BCUT2D eigenvalue weighted by Gasteiger charge is -2.17. The summed E-state index contributed by atoms with van der Waals surface area (Å²) >= 11 is 1.88. The maximum Gasteiger partial charge on any atom is 0.339 e. The minimum atomic E-state index is -4.22. The lowest BCUT2D eigenvalue weighted by atomic mass is 10.0. The van der Waals surface area contributed by atoms with Crippen LogP contribution in [0.3, 0.4) is 0 Å². The maximum absolute atomic E-state index is 12.9. The fraction of sp³-hybridized carbons (Fsp3) is 0.125. The number of hydrogen-bond acceptors (Lipinski definition) is 4. The van der Waals surface area contributed by atoms with Crippen molar-refractivity contribution in [3.05, 3.63) is 57.7 Å². The zero-order valence-corrected chi connectivity index (χ0v) is 13.8. The zero-order valence-electron chi connectivity index (χ0n) is 11.6. The number of esters is 1. The van der Waals surface area contributed by atoms with E-state index in [0.29, 0.717) is 3.57 Å². The molecule has 7 heteroatoms. The molecule has 0 amide bonds. The lowest BCUT2D eigenvalue weighted by molar-refractivity contribution is -0.331. The molecule has 0 fully saturated rings. The predicted octanol–water partition coefficient (Wildman–Crippen LogP) is 2.50. The van der Waals surface area contributed by atoms with Gasteiger partial charge in [0.15, 0.2) is 6.61 Å². The first-order chi connectivity index (χ1) is 10.8. The summed E-state index contributed by atoms with van der Waals surface area (Å²) in [7, 11) is 0. The van der Waals surface area contributed by atoms with Crippen LogP contribution in [0.15, 0.2) is 48.5 Å². The Hall–Kier alpha value is -2.03. The van der Waals surface area contributed by atoms with Gasteiger partial charge >= 0.3 is 11.9 Å². The monoisotopic (exact) mass is 431 g/mol. The molecule has 120 valence electrons. The second-order valence-corrected chi connectivity index (χ2v) is 5.79. The van der Waals surface area contributed by atoms with E-state index in [0.717, 1.165) is 11.1 Å². The van der Waals surface area contributed by atoms with Gasteiger partial charge in [0.1, 0.15) is 5.97 Å². The van der Waals surface area contributed by atoms with Crippen LogP contribution >= 0.6 is 22.6 Å². The van der Waals surface area contributed by atoms with Gasteiger partial charge in [0, 0.05) is 3.57 Å². The fourth-order valence-corrected chi connectivity index (χ4v) is 2.52. The highest BCUT2D eigenvalue weighted by molar-refractivity contribution is 14.1. The molecule has 0 heterocycles. The van der Waals surface area contributed by atoms with E-state index in [1.807, 2.05) is 52.9 Å². The van der Waals surface area contributed by atoms with Gasteiger partial charge in [0.25, 0.3) is 0 Å². The second-order valence-electron chi connectivity index (χ2n) is 4.63. The van der Waals surface area contributed by atoms with Crippen LogP contribution in [-0.2, 0) is 9.53 Å². The van der Waals surface area contributed by atoms with E-state index in [1.54, 1.807) is 12.1 Å². The van der Waals surface area contributed by atoms with E-state index in [2.05, 4.69) is 4.74 Å². The SMILES string of the molecule is O=C(OCC(F)(F)C(=O)[O-])c1ccc(-c2ccccc2)cc1I. The summed E-state index contributed by atoms with van der Waals surface area (Å²) in [5, 5.41) is 10.2. The van der Waals surface area contributed by atoms with Gasteiger partial charge < -0.3 is 14.6 Å². The third-order valence-electron chi connectivity index (χ3n) is 2.98. The molecule has 4 nitrogen and oxygen atoms in total. The quantitative estimate of drug-likeness (QED) is 0.539. The molecular formula is C16H10F2IO4-. The first-order valence-electron chi connectivity index (χ1n) is 6.42. The van der Waals surface area contributed by atoms with Gasteiger partial charge in [-0.05, 0) is 45.9 Å². The van der Waals surface area contributed by atoms with Crippen molar-refractivity contribution in [2.45, 2.75) is 5.92 Å². The van der Waals surface area contributed by atoms with Crippen LogP contribution in [0.2, 0.25) is 0 Å². The number of halogens is 3. The van der Waals surface area contributed by atoms with Crippen LogP contribution in [0.4, 0.5) is 8.78 Å². The molecule has 0 aliphatic rings. The highest BCUT2D eigenvalue weighted by Crippen LogP contribution is 2.24. The molecule has 0 radical (unpaired) electrons. The topological polar surface area (TPSA) is 66.4 Å². The summed E-state index contributed by atoms with van der Waals surface area (Å²) in [5.74, 6) is -7.82. The molecule has 0 bridgehead atoms. The Bertz CT molecular complexity index is 732. The van der Waals surface area contributed by atoms with Gasteiger partial charge in [0.2, 0.25) is 0 Å².